The molecular weight excluding hydrogens is 302 g/mol. The van der Waals surface area contributed by atoms with Crippen molar-refractivity contribution in [1.82, 2.24) is 25.1 Å². The summed E-state index contributed by atoms with van der Waals surface area (Å²) < 4.78 is 6.82. The maximum Gasteiger partial charge on any atom is 0.235 e. The Kier molecular flexibility index (Phi) is 5.37. The number of hydrogen-bond acceptors (Lipinski definition) is 6. The second-order valence-corrected chi connectivity index (χ2v) is 6.27. The minimum absolute atomic E-state index is 0.0315. The summed E-state index contributed by atoms with van der Waals surface area (Å²) in [6.45, 7) is 2.39. The van der Waals surface area contributed by atoms with Gasteiger partial charge in [-0.1, -0.05) is 23.9 Å². The Morgan fingerprint density at radius 2 is 2.05 bits per heavy atom. The lowest BCUT2D eigenvalue weighted by Crippen LogP contribution is -2.29. The zero-order valence-electron chi connectivity index (χ0n) is 13.1. The van der Waals surface area contributed by atoms with E-state index in [1.54, 1.807) is 30.8 Å². The van der Waals surface area contributed by atoms with Crippen LogP contribution in [-0.4, -0.2) is 57.5 Å². The molecule has 8 heteroatoms. The zero-order valence-corrected chi connectivity index (χ0v) is 13.9. The molecule has 0 bridgehead atoms. The zero-order chi connectivity index (χ0) is 16.1. The van der Waals surface area contributed by atoms with Crippen molar-refractivity contribution in [3.05, 3.63) is 29.8 Å². The van der Waals surface area contributed by atoms with Gasteiger partial charge in [0.2, 0.25) is 11.1 Å². The Labute approximate surface area is 133 Å². The minimum atomic E-state index is -0.240. The van der Waals surface area contributed by atoms with Crippen LogP contribution in [0.1, 0.15) is 12.5 Å². The molecule has 0 N–H and O–H groups in total. The van der Waals surface area contributed by atoms with Gasteiger partial charge in [0.25, 0.3) is 0 Å². The number of methoxy groups -OCH3 is 1. The third-order valence-electron chi connectivity index (χ3n) is 3.06. The number of tetrazole rings is 1. The number of nitrogens with zero attached hydrogens (tertiary/aromatic N) is 5. The molecule has 2 aromatic rings. The minimum Gasteiger partial charge on any atom is -0.497 e. The molecule has 1 aromatic carbocycles. The van der Waals surface area contributed by atoms with E-state index in [1.807, 2.05) is 31.2 Å². The second-order valence-electron chi connectivity index (χ2n) is 4.96. The number of carbonyl (C=O) groups excluding carboxylic acids is 1. The van der Waals surface area contributed by atoms with E-state index in [2.05, 4.69) is 15.5 Å². The number of amides is 1. The van der Waals surface area contributed by atoms with Crippen LogP contribution in [0.3, 0.4) is 0 Å². The lowest BCUT2D eigenvalue weighted by atomic mass is 10.2. The smallest absolute Gasteiger partial charge is 0.235 e. The Morgan fingerprint density at radius 3 is 2.64 bits per heavy atom. The topological polar surface area (TPSA) is 73.1 Å². The summed E-state index contributed by atoms with van der Waals surface area (Å²) in [5, 5.41) is 12.1. The van der Waals surface area contributed by atoms with Crippen molar-refractivity contribution < 1.29 is 9.53 Å². The van der Waals surface area contributed by atoms with Crippen LogP contribution < -0.4 is 4.74 Å². The number of thioether (sulfide) groups is 1. The molecule has 0 fully saturated rings. The second kappa shape index (κ2) is 7.26. The highest BCUT2D eigenvalue weighted by Gasteiger charge is 2.19. The number of aromatic nitrogens is 4. The van der Waals surface area contributed by atoms with E-state index in [1.165, 1.54) is 11.8 Å². The molecule has 22 heavy (non-hydrogen) atoms. The Bertz CT molecular complexity index is 626. The van der Waals surface area contributed by atoms with Crippen molar-refractivity contribution in [3.8, 4) is 5.75 Å². The van der Waals surface area contributed by atoms with Gasteiger partial charge in [0.1, 0.15) is 5.75 Å². The first-order valence-electron chi connectivity index (χ1n) is 6.78. The number of hydrogen-bond donors (Lipinski definition) is 0. The first kappa shape index (κ1) is 16.3. The molecule has 2 rings (SSSR count). The standard InChI is InChI=1S/C14H19N5O2S/c1-10(13(20)18(2)3)22-14-15-16-17-19(14)9-11-5-7-12(21-4)8-6-11/h5-8,10H,9H2,1-4H3. The lowest BCUT2D eigenvalue weighted by Gasteiger charge is -2.15. The van der Waals surface area contributed by atoms with Crippen LogP contribution in [0.2, 0.25) is 0 Å². The molecule has 0 saturated heterocycles. The van der Waals surface area contributed by atoms with Crippen LogP contribution in [-0.2, 0) is 11.3 Å². The lowest BCUT2D eigenvalue weighted by molar-refractivity contribution is -0.127. The van der Waals surface area contributed by atoms with Gasteiger partial charge in [0.15, 0.2) is 0 Å². The van der Waals surface area contributed by atoms with Crippen molar-refractivity contribution in [2.75, 3.05) is 21.2 Å². The molecule has 0 saturated carbocycles. The summed E-state index contributed by atoms with van der Waals surface area (Å²) in [4.78, 5) is 13.5. The SMILES string of the molecule is COc1ccc(Cn2nnnc2SC(C)C(=O)N(C)C)cc1. The van der Waals surface area contributed by atoms with Crippen LogP contribution in [0.4, 0.5) is 0 Å². The van der Waals surface area contributed by atoms with E-state index in [4.69, 9.17) is 4.74 Å². The van der Waals surface area contributed by atoms with E-state index in [0.29, 0.717) is 11.7 Å². The summed E-state index contributed by atoms with van der Waals surface area (Å²) in [6.07, 6.45) is 0. The third kappa shape index (κ3) is 3.97. The molecule has 0 spiro atoms. The van der Waals surface area contributed by atoms with E-state index < -0.39 is 0 Å². The molecule has 7 nitrogen and oxygen atoms in total. The van der Waals surface area contributed by atoms with Gasteiger partial charge in [-0.2, -0.15) is 0 Å². The molecule has 1 atom stereocenters. The number of ether oxygens (including phenoxy) is 1. The van der Waals surface area contributed by atoms with Gasteiger partial charge in [0, 0.05) is 14.1 Å². The largest absolute Gasteiger partial charge is 0.497 e. The molecule has 0 aliphatic heterocycles. The third-order valence-corrected chi connectivity index (χ3v) is 4.12. The van der Waals surface area contributed by atoms with Crippen LogP contribution in [0.15, 0.2) is 29.4 Å². The summed E-state index contributed by atoms with van der Waals surface area (Å²) in [6, 6.07) is 7.71. The summed E-state index contributed by atoms with van der Waals surface area (Å²) in [5.41, 5.74) is 1.06. The monoisotopic (exact) mass is 321 g/mol. The maximum atomic E-state index is 11.9. The average molecular weight is 321 g/mol. The van der Waals surface area contributed by atoms with Gasteiger partial charge in [-0.3, -0.25) is 4.79 Å². The molecular formula is C14H19N5O2S. The highest BCUT2D eigenvalue weighted by Crippen LogP contribution is 2.22. The fourth-order valence-electron chi connectivity index (χ4n) is 1.86. The molecule has 1 unspecified atom stereocenters. The quantitative estimate of drug-likeness (QED) is 0.747. The number of benzene rings is 1. The number of rotatable bonds is 6. The van der Waals surface area contributed by atoms with Crippen LogP contribution in [0.5, 0.6) is 5.75 Å². The first-order chi connectivity index (χ1) is 10.5. The van der Waals surface area contributed by atoms with Gasteiger partial charge in [-0.15, -0.1) is 5.10 Å². The van der Waals surface area contributed by atoms with Gasteiger partial charge in [-0.25, -0.2) is 4.68 Å². The van der Waals surface area contributed by atoms with E-state index in [0.717, 1.165) is 11.3 Å². The van der Waals surface area contributed by atoms with Gasteiger partial charge < -0.3 is 9.64 Å². The van der Waals surface area contributed by atoms with Crippen molar-refractivity contribution in [2.45, 2.75) is 23.9 Å². The fraction of sp³-hybridized carbons (Fsp3) is 0.429. The Hall–Kier alpha value is -2.09. The van der Waals surface area contributed by atoms with Gasteiger partial charge in [-0.05, 0) is 35.0 Å². The fourth-order valence-corrected chi connectivity index (χ4v) is 2.79. The maximum absolute atomic E-state index is 11.9. The predicted molar refractivity (Wildman–Crippen MR) is 83.9 cm³/mol. The van der Waals surface area contributed by atoms with Crippen molar-refractivity contribution in [2.24, 2.45) is 0 Å². The molecule has 1 heterocycles. The Morgan fingerprint density at radius 1 is 1.36 bits per heavy atom. The molecule has 0 radical (unpaired) electrons. The molecule has 1 amide bonds. The molecule has 0 aliphatic rings. The van der Waals surface area contributed by atoms with Crippen LogP contribution >= 0.6 is 11.8 Å². The normalized spacial score (nSPS) is 12.0. The average Bonchev–Trinajstić information content (AvgIpc) is 2.94. The molecule has 0 aliphatic carbocycles. The highest BCUT2D eigenvalue weighted by molar-refractivity contribution is 8.00. The molecule has 1 aromatic heterocycles. The van der Waals surface area contributed by atoms with E-state index >= 15 is 0 Å². The summed E-state index contributed by atoms with van der Waals surface area (Å²) in [5.74, 6) is 0.837. The summed E-state index contributed by atoms with van der Waals surface area (Å²) in [7, 11) is 5.10. The van der Waals surface area contributed by atoms with Crippen molar-refractivity contribution in [1.29, 1.82) is 0 Å². The highest BCUT2D eigenvalue weighted by atomic mass is 32.2. The Balaban J connectivity index is 2.07. The molecule has 118 valence electrons. The summed E-state index contributed by atoms with van der Waals surface area (Å²) >= 11 is 1.35. The van der Waals surface area contributed by atoms with Crippen molar-refractivity contribution >= 4 is 17.7 Å². The predicted octanol–water partition coefficient (Wildman–Crippen LogP) is 1.30. The van der Waals surface area contributed by atoms with Crippen molar-refractivity contribution in [3.63, 3.8) is 0 Å². The van der Waals surface area contributed by atoms with Gasteiger partial charge >= 0.3 is 0 Å². The van der Waals surface area contributed by atoms with Crippen LogP contribution in [0, 0.1) is 0 Å². The van der Waals surface area contributed by atoms with Gasteiger partial charge in [0.05, 0.1) is 18.9 Å². The van der Waals surface area contributed by atoms with Crippen LogP contribution in [0.25, 0.3) is 0 Å². The number of carbonyl (C=O) groups is 1. The van der Waals surface area contributed by atoms with E-state index in [-0.39, 0.29) is 11.2 Å². The van der Waals surface area contributed by atoms with E-state index in [9.17, 15) is 4.79 Å². The first-order valence-corrected chi connectivity index (χ1v) is 7.66.